The second-order valence-corrected chi connectivity index (χ2v) is 6.28. The molecule has 24 heavy (non-hydrogen) atoms. The standard InChI is InChI=1S/C20H25N3O/c1-17-6-5-7-18(16-17)10-11-21-20(24)23-14-12-22(13-15-23)19-8-3-2-4-9-19/h2-9,16H,10-15H2,1H3,(H,21,24). The second-order valence-electron chi connectivity index (χ2n) is 6.28. The summed E-state index contributed by atoms with van der Waals surface area (Å²) in [6.07, 6.45) is 0.872. The lowest BCUT2D eigenvalue weighted by molar-refractivity contribution is 0.194. The van der Waals surface area contributed by atoms with Gasteiger partial charge in [0.15, 0.2) is 0 Å². The average Bonchev–Trinajstić information content (AvgIpc) is 2.63. The molecule has 1 N–H and O–H groups in total. The number of carbonyl (C=O) groups excluding carboxylic acids is 1. The first-order chi connectivity index (χ1) is 11.7. The first-order valence-electron chi connectivity index (χ1n) is 8.61. The number of urea groups is 1. The molecule has 0 atom stereocenters. The number of rotatable bonds is 4. The summed E-state index contributed by atoms with van der Waals surface area (Å²) in [4.78, 5) is 16.5. The number of hydrogen-bond donors (Lipinski definition) is 1. The molecule has 0 unspecified atom stereocenters. The van der Waals surface area contributed by atoms with Crippen molar-refractivity contribution in [3.8, 4) is 0 Å². The van der Waals surface area contributed by atoms with Gasteiger partial charge >= 0.3 is 6.03 Å². The highest BCUT2D eigenvalue weighted by Crippen LogP contribution is 2.15. The highest BCUT2D eigenvalue weighted by molar-refractivity contribution is 5.74. The van der Waals surface area contributed by atoms with Crippen molar-refractivity contribution in [2.75, 3.05) is 37.6 Å². The van der Waals surface area contributed by atoms with Gasteiger partial charge in [-0.1, -0.05) is 48.0 Å². The number of piperazine rings is 1. The van der Waals surface area contributed by atoms with E-state index in [1.165, 1.54) is 16.8 Å². The largest absolute Gasteiger partial charge is 0.368 e. The van der Waals surface area contributed by atoms with Crippen molar-refractivity contribution >= 4 is 11.7 Å². The molecule has 4 heteroatoms. The van der Waals surface area contributed by atoms with Crippen molar-refractivity contribution in [2.24, 2.45) is 0 Å². The minimum Gasteiger partial charge on any atom is -0.368 e. The zero-order valence-electron chi connectivity index (χ0n) is 14.2. The predicted octanol–water partition coefficient (Wildman–Crippen LogP) is 3.07. The number of hydrogen-bond acceptors (Lipinski definition) is 2. The minimum absolute atomic E-state index is 0.0513. The van der Waals surface area contributed by atoms with Crippen LogP contribution in [0.1, 0.15) is 11.1 Å². The molecule has 0 spiro atoms. The van der Waals surface area contributed by atoms with Gasteiger partial charge in [-0.3, -0.25) is 0 Å². The highest BCUT2D eigenvalue weighted by Gasteiger charge is 2.20. The van der Waals surface area contributed by atoms with Gasteiger partial charge in [0.1, 0.15) is 0 Å². The lowest BCUT2D eigenvalue weighted by Crippen LogP contribution is -2.52. The number of nitrogens with zero attached hydrogens (tertiary/aromatic N) is 2. The fourth-order valence-electron chi connectivity index (χ4n) is 3.10. The van der Waals surface area contributed by atoms with Crippen LogP contribution < -0.4 is 10.2 Å². The van der Waals surface area contributed by atoms with E-state index in [0.29, 0.717) is 6.54 Å². The maximum Gasteiger partial charge on any atom is 0.317 e. The lowest BCUT2D eigenvalue weighted by Gasteiger charge is -2.36. The van der Waals surface area contributed by atoms with Gasteiger partial charge in [0.25, 0.3) is 0 Å². The molecule has 2 aromatic rings. The van der Waals surface area contributed by atoms with Gasteiger partial charge in [0, 0.05) is 38.4 Å². The summed E-state index contributed by atoms with van der Waals surface area (Å²) in [5.41, 5.74) is 3.76. The SMILES string of the molecule is Cc1cccc(CCNC(=O)N2CCN(c3ccccc3)CC2)c1. The van der Waals surface area contributed by atoms with Crippen molar-refractivity contribution < 1.29 is 4.79 Å². The molecule has 1 saturated heterocycles. The quantitative estimate of drug-likeness (QED) is 0.938. The average molecular weight is 323 g/mol. The van der Waals surface area contributed by atoms with Crippen molar-refractivity contribution in [1.29, 1.82) is 0 Å². The Kier molecular flexibility index (Phi) is 5.36. The van der Waals surface area contributed by atoms with E-state index in [4.69, 9.17) is 0 Å². The Hall–Kier alpha value is -2.49. The van der Waals surface area contributed by atoms with Crippen molar-refractivity contribution in [3.05, 3.63) is 65.7 Å². The van der Waals surface area contributed by atoms with Crippen LogP contribution in [0.2, 0.25) is 0 Å². The van der Waals surface area contributed by atoms with Crippen LogP contribution in [0.5, 0.6) is 0 Å². The van der Waals surface area contributed by atoms with Gasteiger partial charge in [0.2, 0.25) is 0 Å². The second kappa shape index (κ2) is 7.86. The molecule has 0 saturated carbocycles. The Morgan fingerprint density at radius 2 is 1.75 bits per heavy atom. The van der Waals surface area contributed by atoms with Crippen LogP contribution in [-0.4, -0.2) is 43.7 Å². The Labute approximate surface area is 144 Å². The Morgan fingerprint density at radius 1 is 1.00 bits per heavy atom. The molecule has 126 valence electrons. The molecule has 1 aliphatic heterocycles. The summed E-state index contributed by atoms with van der Waals surface area (Å²) in [6, 6.07) is 18.9. The molecular formula is C20H25N3O. The summed E-state index contributed by atoms with van der Waals surface area (Å²) in [5.74, 6) is 0. The predicted molar refractivity (Wildman–Crippen MR) is 98.5 cm³/mol. The van der Waals surface area contributed by atoms with E-state index in [0.717, 1.165) is 32.6 Å². The van der Waals surface area contributed by atoms with Crippen LogP contribution >= 0.6 is 0 Å². The number of aryl methyl sites for hydroxylation is 1. The third-order valence-electron chi connectivity index (χ3n) is 4.46. The van der Waals surface area contributed by atoms with Gasteiger partial charge < -0.3 is 15.1 Å². The number of benzene rings is 2. The molecule has 1 heterocycles. The summed E-state index contributed by atoms with van der Waals surface area (Å²) in [5, 5.41) is 3.04. The van der Waals surface area contributed by atoms with E-state index in [9.17, 15) is 4.79 Å². The van der Waals surface area contributed by atoms with Gasteiger partial charge in [-0.25, -0.2) is 4.79 Å². The van der Waals surface area contributed by atoms with E-state index < -0.39 is 0 Å². The van der Waals surface area contributed by atoms with Crippen molar-refractivity contribution in [1.82, 2.24) is 10.2 Å². The van der Waals surface area contributed by atoms with E-state index in [1.807, 2.05) is 11.0 Å². The molecule has 1 fully saturated rings. The summed E-state index contributed by atoms with van der Waals surface area (Å²) < 4.78 is 0. The highest BCUT2D eigenvalue weighted by atomic mass is 16.2. The zero-order valence-corrected chi connectivity index (χ0v) is 14.2. The van der Waals surface area contributed by atoms with Gasteiger partial charge in [-0.15, -0.1) is 0 Å². The van der Waals surface area contributed by atoms with Crippen LogP contribution in [0.25, 0.3) is 0 Å². The van der Waals surface area contributed by atoms with Crippen molar-refractivity contribution in [3.63, 3.8) is 0 Å². The molecule has 0 bridgehead atoms. The molecule has 2 aromatic carbocycles. The van der Waals surface area contributed by atoms with Crippen LogP contribution in [-0.2, 0) is 6.42 Å². The van der Waals surface area contributed by atoms with E-state index in [-0.39, 0.29) is 6.03 Å². The third kappa shape index (κ3) is 4.28. The fourth-order valence-corrected chi connectivity index (χ4v) is 3.10. The molecule has 0 aromatic heterocycles. The monoisotopic (exact) mass is 323 g/mol. The minimum atomic E-state index is 0.0513. The van der Waals surface area contributed by atoms with Crippen LogP contribution in [0.15, 0.2) is 54.6 Å². The number of para-hydroxylation sites is 1. The van der Waals surface area contributed by atoms with E-state index >= 15 is 0 Å². The molecule has 2 amide bonds. The number of carbonyl (C=O) groups is 1. The maximum absolute atomic E-state index is 12.3. The van der Waals surface area contributed by atoms with Crippen LogP contribution in [0.3, 0.4) is 0 Å². The molecule has 4 nitrogen and oxygen atoms in total. The summed E-state index contributed by atoms with van der Waals surface area (Å²) in [7, 11) is 0. The Bertz CT molecular complexity index is 664. The number of amides is 2. The molecule has 1 aliphatic rings. The molecule has 0 radical (unpaired) electrons. The van der Waals surface area contributed by atoms with Crippen LogP contribution in [0, 0.1) is 6.92 Å². The van der Waals surface area contributed by atoms with Gasteiger partial charge in [-0.2, -0.15) is 0 Å². The molecule has 0 aliphatic carbocycles. The third-order valence-corrected chi connectivity index (χ3v) is 4.46. The van der Waals surface area contributed by atoms with E-state index in [2.05, 4.69) is 65.7 Å². The lowest BCUT2D eigenvalue weighted by atomic mass is 10.1. The normalized spacial score (nSPS) is 14.5. The fraction of sp³-hybridized carbons (Fsp3) is 0.350. The number of nitrogens with one attached hydrogen (secondary N) is 1. The molecular weight excluding hydrogens is 298 g/mol. The maximum atomic E-state index is 12.3. The first-order valence-corrected chi connectivity index (χ1v) is 8.61. The van der Waals surface area contributed by atoms with Crippen LogP contribution in [0.4, 0.5) is 10.5 Å². The zero-order chi connectivity index (χ0) is 16.8. The topological polar surface area (TPSA) is 35.6 Å². The van der Waals surface area contributed by atoms with Crippen molar-refractivity contribution in [2.45, 2.75) is 13.3 Å². The summed E-state index contributed by atoms with van der Waals surface area (Å²) >= 11 is 0. The van der Waals surface area contributed by atoms with Gasteiger partial charge in [-0.05, 0) is 31.0 Å². The molecule has 3 rings (SSSR count). The Morgan fingerprint density at radius 3 is 2.46 bits per heavy atom. The Balaban J connectivity index is 1.42. The first kappa shape index (κ1) is 16.4. The smallest absolute Gasteiger partial charge is 0.317 e. The number of anilines is 1. The van der Waals surface area contributed by atoms with E-state index in [1.54, 1.807) is 0 Å². The summed E-state index contributed by atoms with van der Waals surface area (Å²) in [6.45, 7) is 6.08. The van der Waals surface area contributed by atoms with Gasteiger partial charge in [0.05, 0.1) is 0 Å².